The molecule has 21 heavy (non-hydrogen) atoms. The lowest BCUT2D eigenvalue weighted by Crippen LogP contribution is -2.15. The van der Waals surface area contributed by atoms with E-state index in [0.717, 1.165) is 35.0 Å². The number of benzene rings is 1. The maximum Gasteiger partial charge on any atom is 0.0749 e. The van der Waals surface area contributed by atoms with E-state index >= 15 is 0 Å². The van der Waals surface area contributed by atoms with Gasteiger partial charge in [-0.3, -0.25) is 9.97 Å². The van der Waals surface area contributed by atoms with Gasteiger partial charge >= 0.3 is 0 Å². The Morgan fingerprint density at radius 2 is 1.90 bits per heavy atom. The first-order valence-corrected chi connectivity index (χ1v) is 7.31. The zero-order chi connectivity index (χ0) is 14.7. The first kappa shape index (κ1) is 13.7. The van der Waals surface area contributed by atoms with Gasteiger partial charge in [0, 0.05) is 35.9 Å². The zero-order valence-electron chi connectivity index (χ0n) is 12.2. The summed E-state index contributed by atoms with van der Waals surface area (Å²) < 4.78 is 0. The number of fused-ring (bicyclic) bond motifs is 1. The van der Waals surface area contributed by atoms with E-state index in [1.165, 1.54) is 5.56 Å². The molecular weight excluding hydrogens is 258 g/mol. The van der Waals surface area contributed by atoms with Crippen molar-refractivity contribution in [2.24, 2.45) is 5.73 Å². The van der Waals surface area contributed by atoms with E-state index in [0.29, 0.717) is 0 Å². The third-order valence-corrected chi connectivity index (χ3v) is 3.79. The minimum absolute atomic E-state index is 0.0939. The fourth-order valence-electron chi connectivity index (χ4n) is 2.55. The highest BCUT2D eigenvalue weighted by Gasteiger charge is 2.12. The van der Waals surface area contributed by atoms with Gasteiger partial charge in [0.15, 0.2) is 0 Å². The number of rotatable bonds is 4. The summed E-state index contributed by atoms with van der Waals surface area (Å²) in [6, 6.07) is 14.3. The van der Waals surface area contributed by atoms with Crippen LogP contribution in [-0.2, 0) is 12.8 Å². The van der Waals surface area contributed by atoms with Crippen molar-refractivity contribution in [3.05, 3.63) is 71.7 Å². The van der Waals surface area contributed by atoms with Crippen LogP contribution < -0.4 is 5.73 Å². The summed E-state index contributed by atoms with van der Waals surface area (Å²) >= 11 is 0. The molecule has 3 aromatic rings. The van der Waals surface area contributed by atoms with Crippen LogP contribution >= 0.6 is 0 Å². The number of aromatic nitrogens is 2. The van der Waals surface area contributed by atoms with E-state index < -0.39 is 0 Å². The second-order valence-corrected chi connectivity index (χ2v) is 5.24. The Labute approximate surface area is 124 Å². The number of pyridine rings is 2. The molecule has 0 aliphatic rings. The van der Waals surface area contributed by atoms with Gasteiger partial charge in [-0.25, -0.2) is 0 Å². The van der Waals surface area contributed by atoms with Gasteiger partial charge in [-0.15, -0.1) is 0 Å². The lowest BCUT2D eigenvalue weighted by atomic mass is 9.99. The molecule has 1 aromatic carbocycles. The molecule has 0 saturated heterocycles. The van der Waals surface area contributed by atoms with Crippen LogP contribution in [0.4, 0.5) is 0 Å². The summed E-state index contributed by atoms with van der Waals surface area (Å²) in [4.78, 5) is 8.97. The molecule has 3 rings (SSSR count). The molecule has 2 N–H and O–H groups in total. The molecule has 1 atom stereocenters. The largest absolute Gasteiger partial charge is 0.324 e. The highest BCUT2D eigenvalue weighted by atomic mass is 14.7. The second-order valence-electron chi connectivity index (χ2n) is 5.24. The minimum atomic E-state index is -0.0939. The molecule has 2 aromatic heterocycles. The normalized spacial score (nSPS) is 12.5. The van der Waals surface area contributed by atoms with Gasteiger partial charge in [-0.1, -0.05) is 37.3 Å². The van der Waals surface area contributed by atoms with E-state index in [-0.39, 0.29) is 6.04 Å². The second kappa shape index (κ2) is 6.02. The van der Waals surface area contributed by atoms with E-state index in [1.54, 1.807) is 0 Å². The quantitative estimate of drug-likeness (QED) is 0.795. The van der Waals surface area contributed by atoms with Crippen LogP contribution in [0.2, 0.25) is 0 Å². The van der Waals surface area contributed by atoms with Crippen molar-refractivity contribution in [3.8, 4) is 0 Å². The summed E-state index contributed by atoms with van der Waals surface area (Å²) in [6.07, 6.45) is 5.47. The van der Waals surface area contributed by atoms with Crippen LogP contribution in [0, 0.1) is 0 Å². The number of nitrogens with zero attached hydrogens (tertiary/aromatic N) is 2. The van der Waals surface area contributed by atoms with E-state index in [4.69, 9.17) is 5.73 Å². The molecular formula is C18H19N3. The molecule has 0 spiro atoms. The van der Waals surface area contributed by atoms with Crippen LogP contribution in [0.3, 0.4) is 0 Å². The molecule has 3 heteroatoms. The molecule has 0 aliphatic heterocycles. The van der Waals surface area contributed by atoms with Gasteiger partial charge in [0.2, 0.25) is 0 Å². The fraction of sp³-hybridized carbons (Fsp3) is 0.222. The molecule has 1 unspecified atom stereocenters. The highest BCUT2D eigenvalue weighted by Crippen LogP contribution is 2.23. The van der Waals surface area contributed by atoms with Crippen molar-refractivity contribution in [2.45, 2.75) is 25.8 Å². The first-order valence-electron chi connectivity index (χ1n) is 7.31. The summed E-state index contributed by atoms with van der Waals surface area (Å²) in [6.45, 7) is 2.13. The van der Waals surface area contributed by atoms with Crippen molar-refractivity contribution < 1.29 is 0 Å². The number of hydrogen-bond donors (Lipinski definition) is 1. The van der Waals surface area contributed by atoms with Crippen LogP contribution in [0.1, 0.15) is 29.8 Å². The van der Waals surface area contributed by atoms with Crippen LogP contribution in [0.15, 0.2) is 54.9 Å². The van der Waals surface area contributed by atoms with Crippen molar-refractivity contribution >= 4 is 10.9 Å². The lowest BCUT2D eigenvalue weighted by molar-refractivity contribution is 0.710. The first-order chi connectivity index (χ1) is 10.3. The van der Waals surface area contributed by atoms with E-state index in [9.17, 15) is 0 Å². The molecule has 0 aliphatic carbocycles. The average molecular weight is 277 g/mol. The molecule has 0 radical (unpaired) electrons. The zero-order valence-corrected chi connectivity index (χ0v) is 12.2. The predicted octanol–water partition coefficient (Wildman–Crippen LogP) is 3.43. The molecule has 106 valence electrons. The van der Waals surface area contributed by atoms with Gasteiger partial charge in [0.05, 0.1) is 5.52 Å². The lowest BCUT2D eigenvalue weighted by Gasteiger charge is -2.14. The maximum atomic E-state index is 6.38. The van der Waals surface area contributed by atoms with E-state index in [1.807, 2.05) is 24.5 Å². The van der Waals surface area contributed by atoms with Crippen LogP contribution in [0.5, 0.6) is 0 Å². The number of para-hydroxylation sites is 1. The SMILES string of the molecule is CCc1ccc(CC(N)c2cccc3cccnc23)nc1. The van der Waals surface area contributed by atoms with Crippen molar-refractivity contribution in [3.63, 3.8) is 0 Å². The Hall–Kier alpha value is -2.26. The molecule has 3 nitrogen and oxygen atoms in total. The molecule has 0 fully saturated rings. The number of aryl methyl sites for hydroxylation is 1. The van der Waals surface area contributed by atoms with Gasteiger partial charge in [-0.2, -0.15) is 0 Å². The summed E-state index contributed by atoms with van der Waals surface area (Å²) in [5.41, 5.74) is 10.7. The predicted molar refractivity (Wildman–Crippen MR) is 86.0 cm³/mol. The summed E-state index contributed by atoms with van der Waals surface area (Å²) in [7, 11) is 0. The van der Waals surface area contributed by atoms with Gasteiger partial charge in [0.25, 0.3) is 0 Å². The Bertz CT molecular complexity index is 730. The molecule has 0 amide bonds. The average Bonchev–Trinajstić information content (AvgIpc) is 2.55. The third kappa shape index (κ3) is 2.93. The fourth-order valence-corrected chi connectivity index (χ4v) is 2.55. The van der Waals surface area contributed by atoms with Crippen molar-refractivity contribution in [1.82, 2.24) is 9.97 Å². The van der Waals surface area contributed by atoms with Crippen LogP contribution in [-0.4, -0.2) is 9.97 Å². The highest BCUT2D eigenvalue weighted by molar-refractivity contribution is 5.82. The Morgan fingerprint density at radius 3 is 2.67 bits per heavy atom. The Kier molecular flexibility index (Phi) is 3.93. The molecule has 2 heterocycles. The standard InChI is InChI=1S/C18H19N3/c1-2-13-8-9-15(21-12-13)11-17(19)16-7-3-5-14-6-4-10-20-18(14)16/h3-10,12,17H,2,11,19H2,1H3. The van der Waals surface area contributed by atoms with Gasteiger partial charge < -0.3 is 5.73 Å². The summed E-state index contributed by atoms with van der Waals surface area (Å²) in [5.74, 6) is 0. The number of nitrogens with two attached hydrogens (primary N) is 1. The smallest absolute Gasteiger partial charge is 0.0749 e. The van der Waals surface area contributed by atoms with Crippen molar-refractivity contribution in [2.75, 3.05) is 0 Å². The van der Waals surface area contributed by atoms with Gasteiger partial charge in [-0.05, 0) is 29.7 Å². The maximum absolute atomic E-state index is 6.38. The number of hydrogen-bond acceptors (Lipinski definition) is 3. The monoisotopic (exact) mass is 277 g/mol. The van der Waals surface area contributed by atoms with Crippen LogP contribution in [0.25, 0.3) is 10.9 Å². The third-order valence-electron chi connectivity index (χ3n) is 3.79. The molecule has 0 saturated carbocycles. The summed E-state index contributed by atoms with van der Waals surface area (Å²) in [5, 5.41) is 1.12. The van der Waals surface area contributed by atoms with E-state index in [2.05, 4.69) is 47.2 Å². The minimum Gasteiger partial charge on any atom is -0.324 e. The van der Waals surface area contributed by atoms with Gasteiger partial charge in [0.1, 0.15) is 0 Å². The Balaban J connectivity index is 1.88. The topological polar surface area (TPSA) is 51.8 Å². The van der Waals surface area contributed by atoms with Crippen molar-refractivity contribution in [1.29, 1.82) is 0 Å². The Morgan fingerprint density at radius 1 is 1.05 bits per heavy atom. The molecule has 0 bridgehead atoms.